The minimum atomic E-state index is -0.0183. The van der Waals surface area contributed by atoms with Crippen molar-refractivity contribution in [3.63, 3.8) is 0 Å². The number of rotatable bonds is 3. The van der Waals surface area contributed by atoms with Gasteiger partial charge in [0.1, 0.15) is 23.0 Å². The summed E-state index contributed by atoms with van der Waals surface area (Å²) < 4.78 is 16.4. The Morgan fingerprint density at radius 3 is 1.16 bits per heavy atom. The second kappa shape index (κ2) is 12.3. The fraction of sp³-hybridized carbons (Fsp3) is 0. The van der Waals surface area contributed by atoms with Gasteiger partial charge in [-0.3, -0.25) is 0 Å². The maximum absolute atomic E-state index is 7.03. The molecule has 61 heavy (non-hydrogen) atoms. The van der Waals surface area contributed by atoms with E-state index in [9.17, 15) is 0 Å². The lowest BCUT2D eigenvalue weighted by Crippen LogP contribution is -2.59. The van der Waals surface area contributed by atoms with E-state index in [1.54, 1.807) is 0 Å². The zero-order chi connectivity index (χ0) is 39.8. The first-order chi connectivity index (χ1) is 30.3. The first-order valence-electron chi connectivity index (χ1n) is 21.0. The molecule has 0 N–H and O–H groups in total. The topological polar surface area (TPSA) is 29.9 Å². The number of aromatic nitrogens is 1. The maximum atomic E-state index is 7.03. The largest absolute Gasteiger partial charge is 0.458 e. The third-order valence-corrected chi connectivity index (χ3v) is 13.3. The Bertz CT molecular complexity index is 3250. The summed E-state index contributed by atoms with van der Waals surface area (Å²) in [6.45, 7) is -0.0366. The van der Waals surface area contributed by atoms with Gasteiger partial charge in [0.15, 0.2) is 0 Å². The summed E-state index contributed by atoms with van der Waals surface area (Å²) in [4.78, 5) is 4.77. The van der Waals surface area contributed by atoms with Crippen LogP contribution in [0.15, 0.2) is 200 Å². The van der Waals surface area contributed by atoms with Crippen molar-refractivity contribution < 1.29 is 9.47 Å². The number of nitrogens with zero attached hydrogens (tertiary/aromatic N) is 3. The number of hydrogen-bond acceptors (Lipinski definition) is 4. The Morgan fingerprint density at radius 1 is 0.311 bits per heavy atom. The smallest absolute Gasteiger partial charge is 0.256 e. The normalized spacial score (nSPS) is 13.7. The molecule has 9 aromatic carbocycles. The molecule has 0 radical (unpaired) electrons. The molecule has 0 atom stereocenters. The van der Waals surface area contributed by atoms with E-state index in [0.717, 1.165) is 62.5 Å². The SMILES string of the molecule is c1ccc(N2c3ccccc3B3c4cc5c6cc7c(cc6n(-c6ccccc6)c5cc4Oc4cccc2c43)Oc2cccc3c2B7c2ccccc2N3c2ccccc2)cc1. The van der Waals surface area contributed by atoms with E-state index in [4.69, 9.17) is 9.47 Å². The molecule has 0 bridgehead atoms. The molecule has 10 aromatic rings. The molecule has 0 saturated heterocycles. The van der Waals surface area contributed by atoms with E-state index in [2.05, 4.69) is 215 Å². The molecule has 4 aliphatic heterocycles. The number of hydrogen-bond donors (Lipinski definition) is 0. The standard InChI is InChI=1S/C54H33B2N3O2/c1-4-16-34(17-5-1)57-43-24-12-10-22-39(43)55-41-30-37-38-31-42-52(33-48(38)59(36-20-8-3-9-21-36)47(37)32-51(41)60-49-28-14-26-45(57)53(49)55)61-50-29-15-27-46-54(50)56(42)40-23-11-13-25-44(40)58(46)35-18-6-2-7-19-35/h1-33H. The van der Waals surface area contributed by atoms with Crippen LogP contribution in [0, 0.1) is 0 Å². The first kappa shape index (κ1) is 33.0. The van der Waals surface area contributed by atoms with Crippen molar-refractivity contribution in [1.82, 2.24) is 4.57 Å². The second-order valence-electron chi connectivity index (χ2n) is 16.4. The average Bonchev–Trinajstić information content (AvgIpc) is 3.62. The van der Waals surface area contributed by atoms with Crippen LogP contribution in [0.4, 0.5) is 34.1 Å². The van der Waals surface area contributed by atoms with Crippen molar-refractivity contribution in [2.24, 2.45) is 0 Å². The molecule has 0 saturated carbocycles. The molecule has 0 fully saturated rings. The number of para-hydroxylation sites is 5. The zero-order valence-electron chi connectivity index (χ0n) is 32.9. The van der Waals surface area contributed by atoms with Crippen LogP contribution in [-0.2, 0) is 0 Å². The molecule has 282 valence electrons. The van der Waals surface area contributed by atoms with Crippen LogP contribution < -0.4 is 52.1 Å². The zero-order valence-corrected chi connectivity index (χ0v) is 32.9. The molecule has 0 aliphatic carbocycles. The summed E-state index contributed by atoms with van der Waals surface area (Å²) in [6, 6.07) is 72.1. The van der Waals surface area contributed by atoms with Crippen molar-refractivity contribution >= 4 is 102 Å². The minimum absolute atomic E-state index is 0.0183. The first-order valence-corrected chi connectivity index (χ1v) is 21.0. The van der Waals surface area contributed by atoms with E-state index in [1.165, 1.54) is 54.9 Å². The Hall–Kier alpha value is -7.89. The highest BCUT2D eigenvalue weighted by molar-refractivity contribution is 7.00. The molecule has 7 heteroatoms. The Balaban J connectivity index is 1.03. The van der Waals surface area contributed by atoms with E-state index in [1.807, 2.05) is 0 Å². The predicted molar refractivity (Wildman–Crippen MR) is 252 cm³/mol. The van der Waals surface area contributed by atoms with Gasteiger partial charge in [0.25, 0.3) is 13.4 Å². The van der Waals surface area contributed by atoms with E-state index in [0.29, 0.717) is 0 Å². The molecule has 0 unspecified atom stereocenters. The Morgan fingerprint density at radius 2 is 0.705 bits per heavy atom. The van der Waals surface area contributed by atoms with E-state index >= 15 is 0 Å². The van der Waals surface area contributed by atoms with Gasteiger partial charge in [-0.05, 0) is 106 Å². The highest BCUT2D eigenvalue weighted by Gasteiger charge is 2.44. The van der Waals surface area contributed by atoms with Gasteiger partial charge in [-0.1, -0.05) is 115 Å². The van der Waals surface area contributed by atoms with Gasteiger partial charge in [0, 0.05) is 62.7 Å². The third kappa shape index (κ3) is 4.52. The van der Waals surface area contributed by atoms with Crippen LogP contribution in [0.5, 0.6) is 23.0 Å². The van der Waals surface area contributed by atoms with Crippen molar-refractivity contribution in [2.75, 3.05) is 9.80 Å². The summed E-state index contributed by atoms with van der Waals surface area (Å²) in [5.41, 5.74) is 17.4. The summed E-state index contributed by atoms with van der Waals surface area (Å²) >= 11 is 0. The number of fused-ring (bicyclic) bond motifs is 11. The number of benzene rings is 9. The summed E-state index contributed by atoms with van der Waals surface area (Å²) in [6.07, 6.45) is 0. The summed E-state index contributed by atoms with van der Waals surface area (Å²) in [5, 5.41) is 2.36. The highest BCUT2D eigenvalue weighted by atomic mass is 16.5. The van der Waals surface area contributed by atoms with Gasteiger partial charge in [0.05, 0.1) is 11.0 Å². The fourth-order valence-electron chi connectivity index (χ4n) is 10.8. The second-order valence-corrected chi connectivity index (χ2v) is 16.4. The summed E-state index contributed by atoms with van der Waals surface area (Å²) in [7, 11) is 0. The monoisotopic (exact) mass is 777 g/mol. The highest BCUT2D eigenvalue weighted by Crippen LogP contribution is 2.45. The molecule has 4 aliphatic rings. The lowest BCUT2D eigenvalue weighted by molar-refractivity contribution is 0.488. The molecule has 14 rings (SSSR count). The van der Waals surface area contributed by atoms with Gasteiger partial charge in [-0.15, -0.1) is 0 Å². The van der Waals surface area contributed by atoms with Crippen molar-refractivity contribution in [1.29, 1.82) is 0 Å². The lowest BCUT2D eigenvalue weighted by Gasteiger charge is -2.40. The molecular formula is C54H33B2N3O2. The van der Waals surface area contributed by atoms with Gasteiger partial charge in [-0.25, -0.2) is 0 Å². The van der Waals surface area contributed by atoms with E-state index in [-0.39, 0.29) is 13.4 Å². The third-order valence-electron chi connectivity index (χ3n) is 13.3. The number of ether oxygens (including phenoxy) is 2. The van der Waals surface area contributed by atoms with Crippen LogP contribution in [0.25, 0.3) is 27.5 Å². The van der Waals surface area contributed by atoms with Crippen LogP contribution in [0.1, 0.15) is 0 Å². The van der Waals surface area contributed by atoms with Crippen molar-refractivity contribution in [3.05, 3.63) is 200 Å². The summed E-state index contributed by atoms with van der Waals surface area (Å²) in [5.74, 6) is 3.55. The molecule has 0 amide bonds. The van der Waals surface area contributed by atoms with Crippen LogP contribution in [0.2, 0.25) is 0 Å². The van der Waals surface area contributed by atoms with Gasteiger partial charge < -0.3 is 23.8 Å². The van der Waals surface area contributed by atoms with Gasteiger partial charge in [-0.2, -0.15) is 0 Å². The van der Waals surface area contributed by atoms with Crippen molar-refractivity contribution in [2.45, 2.75) is 0 Å². The molecular weight excluding hydrogens is 744 g/mol. The lowest BCUT2D eigenvalue weighted by atomic mass is 9.34. The molecule has 1 aromatic heterocycles. The van der Waals surface area contributed by atoms with Gasteiger partial charge in [0.2, 0.25) is 0 Å². The molecule has 5 nitrogen and oxygen atoms in total. The van der Waals surface area contributed by atoms with Gasteiger partial charge >= 0.3 is 0 Å². The molecule has 0 spiro atoms. The van der Waals surface area contributed by atoms with Crippen LogP contribution >= 0.6 is 0 Å². The quantitative estimate of drug-likeness (QED) is 0.167. The maximum Gasteiger partial charge on any atom is 0.256 e. The molecule has 5 heterocycles. The van der Waals surface area contributed by atoms with Crippen LogP contribution in [0.3, 0.4) is 0 Å². The fourth-order valence-corrected chi connectivity index (χ4v) is 10.8. The van der Waals surface area contributed by atoms with E-state index < -0.39 is 0 Å². The Kier molecular flexibility index (Phi) is 6.66. The number of anilines is 6. The van der Waals surface area contributed by atoms with Crippen molar-refractivity contribution in [3.8, 4) is 28.7 Å². The average molecular weight is 778 g/mol. The predicted octanol–water partition coefficient (Wildman–Crippen LogP) is 9.59. The van der Waals surface area contributed by atoms with Crippen LogP contribution in [-0.4, -0.2) is 18.0 Å². The Labute approximate surface area is 353 Å². The minimum Gasteiger partial charge on any atom is -0.458 e.